The number of hydrogen-bond donors (Lipinski definition) is 1. The number of esters is 1. The summed E-state index contributed by atoms with van der Waals surface area (Å²) >= 11 is 5.88. The Morgan fingerprint density at radius 2 is 2.16 bits per heavy atom. The first-order valence-corrected chi connectivity index (χ1v) is 7.85. The largest absolute Gasteiger partial charge is 0.456 e. The van der Waals surface area contributed by atoms with Crippen molar-refractivity contribution in [1.82, 2.24) is 5.16 Å². The number of nitrogens with one attached hydrogen (secondary N) is 1. The molecule has 0 radical (unpaired) electrons. The van der Waals surface area contributed by atoms with E-state index >= 15 is 0 Å². The summed E-state index contributed by atoms with van der Waals surface area (Å²) in [5, 5.41) is 15.4. The average molecular weight is 362 g/mol. The fraction of sp³-hybridized carbons (Fsp3) is 0.294. The Kier molecular flexibility index (Phi) is 6.14. The van der Waals surface area contributed by atoms with Gasteiger partial charge < -0.3 is 14.6 Å². The summed E-state index contributed by atoms with van der Waals surface area (Å²) in [6.45, 7) is 3.17. The molecule has 0 saturated carbocycles. The van der Waals surface area contributed by atoms with Crippen LogP contribution >= 0.6 is 11.6 Å². The van der Waals surface area contributed by atoms with Crippen LogP contribution in [-0.2, 0) is 20.7 Å². The SMILES string of the molecule is Cc1noc(C)c1CCC(=O)OCC(=O)Nc1ccc(C#N)c(Cl)c1. The molecule has 1 amide bonds. The van der Waals surface area contributed by atoms with Crippen LogP contribution in [0.15, 0.2) is 22.7 Å². The van der Waals surface area contributed by atoms with Crippen LogP contribution in [0.1, 0.15) is 29.0 Å². The smallest absolute Gasteiger partial charge is 0.306 e. The number of hydrogen-bond acceptors (Lipinski definition) is 6. The molecule has 0 spiro atoms. The van der Waals surface area contributed by atoms with Crippen LogP contribution in [0.25, 0.3) is 0 Å². The number of carbonyl (C=O) groups is 2. The topological polar surface area (TPSA) is 105 Å². The first kappa shape index (κ1) is 18.5. The second-order valence-corrected chi connectivity index (χ2v) is 5.73. The minimum atomic E-state index is -0.494. The van der Waals surface area contributed by atoms with E-state index in [9.17, 15) is 9.59 Å². The predicted octanol–water partition coefficient (Wildman–Crippen LogP) is 2.93. The molecule has 0 aliphatic rings. The number of nitrogens with zero attached hydrogens (tertiary/aromatic N) is 2. The van der Waals surface area contributed by atoms with Crippen LogP contribution in [-0.4, -0.2) is 23.6 Å². The van der Waals surface area contributed by atoms with Gasteiger partial charge in [-0.2, -0.15) is 5.26 Å². The molecule has 8 heteroatoms. The van der Waals surface area contributed by atoms with Crippen LogP contribution in [0.2, 0.25) is 5.02 Å². The van der Waals surface area contributed by atoms with E-state index in [1.807, 2.05) is 6.07 Å². The molecule has 0 saturated heterocycles. The third-order valence-electron chi connectivity index (χ3n) is 3.50. The number of rotatable bonds is 6. The van der Waals surface area contributed by atoms with E-state index in [4.69, 9.17) is 26.1 Å². The van der Waals surface area contributed by atoms with Gasteiger partial charge in [0.1, 0.15) is 11.8 Å². The van der Waals surface area contributed by atoms with Gasteiger partial charge in [-0.1, -0.05) is 16.8 Å². The molecular weight excluding hydrogens is 346 g/mol. The molecule has 0 bridgehead atoms. The first-order valence-electron chi connectivity index (χ1n) is 7.47. The van der Waals surface area contributed by atoms with Crippen molar-refractivity contribution in [2.75, 3.05) is 11.9 Å². The Labute approximate surface area is 149 Å². The normalized spacial score (nSPS) is 10.2. The number of anilines is 1. The van der Waals surface area contributed by atoms with E-state index in [2.05, 4.69) is 10.5 Å². The number of amides is 1. The molecule has 0 aliphatic carbocycles. The number of ether oxygens (including phenoxy) is 1. The highest BCUT2D eigenvalue weighted by Crippen LogP contribution is 2.20. The lowest BCUT2D eigenvalue weighted by Crippen LogP contribution is -2.21. The molecule has 0 aliphatic heterocycles. The van der Waals surface area contributed by atoms with E-state index in [0.717, 1.165) is 11.3 Å². The molecule has 25 heavy (non-hydrogen) atoms. The summed E-state index contributed by atoms with van der Waals surface area (Å²) in [6, 6.07) is 6.42. The number of benzene rings is 1. The van der Waals surface area contributed by atoms with Crippen molar-refractivity contribution >= 4 is 29.2 Å². The molecule has 1 aromatic carbocycles. The quantitative estimate of drug-likeness (QED) is 0.793. The second-order valence-electron chi connectivity index (χ2n) is 5.32. The second kappa shape index (κ2) is 8.31. The molecular formula is C17H16ClN3O4. The summed E-state index contributed by atoms with van der Waals surface area (Å²) in [5.74, 6) is -0.319. The molecule has 1 aromatic heterocycles. The van der Waals surface area contributed by atoms with Gasteiger partial charge in [0, 0.05) is 17.7 Å². The van der Waals surface area contributed by atoms with E-state index in [0.29, 0.717) is 23.4 Å². The zero-order chi connectivity index (χ0) is 18.4. The molecule has 0 atom stereocenters. The van der Waals surface area contributed by atoms with Crippen molar-refractivity contribution in [3.8, 4) is 6.07 Å². The van der Waals surface area contributed by atoms with Gasteiger partial charge >= 0.3 is 5.97 Å². The van der Waals surface area contributed by atoms with E-state index in [1.165, 1.54) is 12.1 Å². The van der Waals surface area contributed by atoms with Crippen molar-refractivity contribution in [2.24, 2.45) is 0 Å². The zero-order valence-electron chi connectivity index (χ0n) is 13.8. The molecule has 7 nitrogen and oxygen atoms in total. The number of nitriles is 1. The van der Waals surface area contributed by atoms with Gasteiger partial charge in [-0.3, -0.25) is 9.59 Å². The summed E-state index contributed by atoms with van der Waals surface area (Å²) in [4.78, 5) is 23.5. The Bertz CT molecular complexity index is 819. The van der Waals surface area contributed by atoms with Gasteiger partial charge in [-0.05, 0) is 38.5 Å². The molecule has 2 rings (SSSR count). The Morgan fingerprint density at radius 1 is 1.40 bits per heavy atom. The maximum atomic E-state index is 11.8. The summed E-state index contributed by atoms with van der Waals surface area (Å²) in [5.41, 5.74) is 2.33. The predicted molar refractivity (Wildman–Crippen MR) is 90.1 cm³/mol. The van der Waals surface area contributed by atoms with Crippen molar-refractivity contribution < 1.29 is 18.8 Å². The highest BCUT2D eigenvalue weighted by atomic mass is 35.5. The third kappa shape index (κ3) is 5.06. The highest BCUT2D eigenvalue weighted by Gasteiger charge is 2.13. The van der Waals surface area contributed by atoms with Crippen molar-refractivity contribution in [1.29, 1.82) is 5.26 Å². The Hall–Kier alpha value is -2.85. The molecule has 1 heterocycles. The van der Waals surface area contributed by atoms with Crippen molar-refractivity contribution in [3.05, 3.63) is 45.8 Å². The van der Waals surface area contributed by atoms with Gasteiger partial charge in [-0.25, -0.2) is 0 Å². The number of carbonyl (C=O) groups excluding carboxylic acids is 2. The third-order valence-corrected chi connectivity index (χ3v) is 3.81. The standard InChI is InChI=1S/C17H16ClN3O4/c1-10-14(11(2)25-21-10)5-6-17(23)24-9-16(22)20-13-4-3-12(8-19)15(18)7-13/h3-4,7H,5-6,9H2,1-2H3,(H,20,22). The van der Waals surface area contributed by atoms with Crippen LogP contribution in [0.3, 0.4) is 0 Å². The van der Waals surface area contributed by atoms with E-state index in [1.54, 1.807) is 19.9 Å². The minimum Gasteiger partial charge on any atom is -0.456 e. The monoisotopic (exact) mass is 361 g/mol. The van der Waals surface area contributed by atoms with E-state index in [-0.39, 0.29) is 11.4 Å². The molecule has 2 aromatic rings. The average Bonchev–Trinajstić information content (AvgIpc) is 2.89. The zero-order valence-corrected chi connectivity index (χ0v) is 14.5. The van der Waals surface area contributed by atoms with Crippen molar-refractivity contribution in [2.45, 2.75) is 26.7 Å². The van der Waals surface area contributed by atoms with Crippen LogP contribution in [0.4, 0.5) is 5.69 Å². The van der Waals surface area contributed by atoms with Gasteiger partial charge in [0.05, 0.1) is 16.3 Å². The first-order chi connectivity index (χ1) is 11.9. The summed E-state index contributed by atoms with van der Waals surface area (Å²) in [7, 11) is 0. The lowest BCUT2D eigenvalue weighted by Gasteiger charge is -2.07. The number of aromatic nitrogens is 1. The highest BCUT2D eigenvalue weighted by molar-refractivity contribution is 6.32. The molecule has 0 unspecified atom stereocenters. The Balaban J connectivity index is 1.79. The number of aryl methyl sites for hydroxylation is 2. The van der Waals surface area contributed by atoms with Gasteiger partial charge in [0.2, 0.25) is 0 Å². The number of halogens is 1. The van der Waals surface area contributed by atoms with E-state index < -0.39 is 18.5 Å². The van der Waals surface area contributed by atoms with Gasteiger partial charge in [0.15, 0.2) is 6.61 Å². The fourth-order valence-corrected chi connectivity index (χ4v) is 2.41. The lowest BCUT2D eigenvalue weighted by atomic mass is 10.1. The fourth-order valence-electron chi connectivity index (χ4n) is 2.18. The summed E-state index contributed by atoms with van der Waals surface area (Å²) in [6.07, 6.45) is 0.561. The molecule has 0 fully saturated rings. The van der Waals surface area contributed by atoms with Crippen molar-refractivity contribution in [3.63, 3.8) is 0 Å². The maximum absolute atomic E-state index is 11.8. The van der Waals surface area contributed by atoms with Gasteiger partial charge in [0.25, 0.3) is 5.91 Å². The van der Waals surface area contributed by atoms with Gasteiger partial charge in [-0.15, -0.1) is 0 Å². The van der Waals surface area contributed by atoms with Crippen LogP contribution < -0.4 is 5.32 Å². The molecule has 130 valence electrons. The van der Waals surface area contributed by atoms with Crippen LogP contribution in [0.5, 0.6) is 0 Å². The lowest BCUT2D eigenvalue weighted by molar-refractivity contribution is -0.147. The minimum absolute atomic E-state index is 0.124. The van der Waals surface area contributed by atoms with Crippen LogP contribution in [0, 0.1) is 25.2 Å². The maximum Gasteiger partial charge on any atom is 0.306 e. The summed E-state index contributed by atoms with van der Waals surface area (Å²) < 4.78 is 9.96. The molecule has 1 N–H and O–H groups in total. The Morgan fingerprint density at radius 3 is 2.76 bits per heavy atom.